The number of benzene rings is 1. The van der Waals surface area contributed by atoms with Crippen LogP contribution in [0.4, 0.5) is 18.0 Å². The van der Waals surface area contributed by atoms with Gasteiger partial charge in [0, 0.05) is 42.2 Å². The molecule has 6 rings (SSSR count). The summed E-state index contributed by atoms with van der Waals surface area (Å²) in [6.07, 6.45) is -3.00. The summed E-state index contributed by atoms with van der Waals surface area (Å²) in [6, 6.07) is 6.17. The van der Waals surface area contributed by atoms with Gasteiger partial charge in [0.2, 0.25) is 0 Å². The van der Waals surface area contributed by atoms with E-state index in [0.717, 1.165) is 28.0 Å². The topological polar surface area (TPSA) is 94.6 Å². The molecular formula is C25H26F3N5O3. The Hall–Kier alpha value is -3.34. The molecule has 2 unspecified atom stereocenters. The average molecular weight is 502 g/mol. The molecule has 0 spiro atoms. The van der Waals surface area contributed by atoms with Crippen molar-refractivity contribution in [1.29, 1.82) is 0 Å². The normalized spacial score (nSPS) is 26.0. The Morgan fingerprint density at radius 3 is 2.67 bits per heavy atom. The fraction of sp³-hybridized carbons (Fsp3) is 0.480. The zero-order valence-corrected chi connectivity index (χ0v) is 19.7. The molecule has 36 heavy (non-hydrogen) atoms. The number of aryl methyl sites for hydroxylation is 1. The molecular weight excluding hydrogens is 475 g/mol. The number of aromatic amines is 1. The number of H-pyrrole nitrogens is 1. The van der Waals surface area contributed by atoms with Gasteiger partial charge in [0.1, 0.15) is 18.2 Å². The Balaban J connectivity index is 1.25. The minimum atomic E-state index is -4.71. The van der Waals surface area contributed by atoms with Crippen LogP contribution in [0.2, 0.25) is 0 Å². The van der Waals surface area contributed by atoms with Crippen LogP contribution < -0.4 is 4.74 Å². The zero-order chi connectivity index (χ0) is 25.2. The van der Waals surface area contributed by atoms with Crippen LogP contribution in [0.1, 0.15) is 37.1 Å². The Morgan fingerprint density at radius 1 is 1.19 bits per heavy atom. The molecule has 190 valence electrons. The largest absolute Gasteiger partial charge is 0.491 e. The Kier molecular flexibility index (Phi) is 5.19. The van der Waals surface area contributed by atoms with E-state index in [1.54, 1.807) is 16.0 Å². The molecule has 3 aliphatic heterocycles. The minimum absolute atomic E-state index is 0.278. The molecule has 0 radical (unpaired) electrons. The lowest BCUT2D eigenvalue weighted by Crippen LogP contribution is -2.60. The highest BCUT2D eigenvalue weighted by atomic mass is 19.4. The maximum Gasteiger partial charge on any atom is 0.417 e. The van der Waals surface area contributed by atoms with E-state index in [4.69, 9.17) is 4.74 Å². The summed E-state index contributed by atoms with van der Waals surface area (Å²) in [7, 11) is 0. The van der Waals surface area contributed by atoms with Crippen molar-refractivity contribution in [3.8, 4) is 16.9 Å². The number of piperidine rings is 1. The number of nitrogens with zero attached hydrogens (tertiary/aromatic N) is 4. The van der Waals surface area contributed by atoms with Gasteiger partial charge in [-0.2, -0.15) is 13.2 Å². The summed E-state index contributed by atoms with van der Waals surface area (Å²) < 4.78 is 46.3. The van der Waals surface area contributed by atoms with Crippen LogP contribution in [0.15, 0.2) is 30.5 Å². The van der Waals surface area contributed by atoms with Crippen molar-refractivity contribution in [1.82, 2.24) is 24.8 Å². The summed E-state index contributed by atoms with van der Waals surface area (Å²) >= 11 is 0. The lowest BCUT2D eigenvalue weighted by atomic mass is 9.85. The van der Waals surface area contributed by atoms with E-state index in [0.29, 0.717) is 30.8 Å². The van der Waals surface area contributed by atoms with Crippen molar-refractivity contribution in [3.05, 3.63) is 41.9 Å². The number of aromatic nitrogens is 3. The molecule has 5 heterocycles. The van der Waals surface area contributed by atoms with Gasteiger partial charge in [0.25, 0.3) is 0 Å². The number of aliphatic hydroxyl groups is 1. The summed E-state index contributed by atoms with van der Waals surface area (Å²) in [5.41, 5.74) is 1.34. The molecule has 11 heteroatoms. The molecule has 0 aliphatic carbocycles. The number of nitrogens with one attached hydrogen (secondary N) is 1. The smallest absolute Gasteiger partial charge is 0.417 e. The number of urea groups is 1. The third kappa shape index (κ3) is 3.76. The second kappa shape index (κ2) is 8.09. The van der Waals surface area contributed by atoms with Gasteiger partial charge in [-0.1, -0.05) is 6.07 Å². The van der Waals surface area contributed by atoms with E-state index < -0.39 is 36.7 Å². The molecule has 8 nitrogen and oxygen atoms in total. The first-order valence-electron chi connectivity index (χ1n) is 12.1. The van der Waals surface area contributed by atoms with Crippen LogP contribution >= 0.6 is 0 Å². The van der Waals surface area contributed by atoms with Crippen molar-refractivity contribution in [2.24, 2.45) is 0 Å². The minimum Gasteiger partial charge on any atom is -0.491 e. The third-order valence-electron chi connectivity index (χ3n) is 7.62. The maximum absolute atomic E-state index is 13.6. The second-order valence-corrected chi connectivity index (χ2v) is 10.0. The predicted molar refractivity (Wildman–Crippen MR) is 124 cm³/mol. The molecule has 2 bridgehead atoms. The van der Waals surface area contributed by atoms with Crippen molar-refractivity contribution >= 4 is 17.2 Å². The van der Waals surface area contributed by atoms with Crippen LogP contribution in [0, 0.1) is 6.92 Å². The van der Waals surface area contributed by atoms with Crippen molar-refractivity contribution in [2.75, 3.05) is 13.2 Å². The van der Waals surface area contributed by atoms with E-state index in [-0.39, 0.29) is 19.2 Å². The molecule has 2 amide bonds. The SMILES string of the molecule is Cc1nc2ncc(-c3ccc4c(c3)CN(C(=O)N3C5CCC3CC(O)(C(F)(F)F)C5)CCO4)cc2[nH]1. The highest BCUT2D eigenvalue weighted by molar-refractivity contribution is 5.79. The summed E-state index contributed by atoms with van der Waals surface area (Å²) in [4.78, 5) is 28.7. The van der Waals surface area contributed by atoms with Gasteiger partial charge in [-0.3, -0.25) is 0 Å². The lowest BCUT2D eigenvalue weighted by Gasteiger charge is -2.45. The molecule has 2 atom stereocenters. The number of hydrogen-bond acceptors (Lipinski definition) is 5. The van der Waals surface area contributed by atoms with E-state index in [9.17, 15) is 23.1 Å². The Labute approximate surface area is 205 Å². The average Bonchev–Trinajstić information content (AvgIpc) is 3.23. The number of pyridine rings is 1. The number of carbonyl (C=O) groups is 1. The predicted octanol–water partition coefficient (Wildman–Crippen LogP) is 4.17. The van der Waals surface area contributed by atoms with Crippen LogP contribution in [-0.4, -0.2) is 72.9 Å². The third-order valence-corrected chi connectivity index (χ3v) is 7.62. The zero-order valence-electron chi connectivity index (χ0n) is 19.7. The first-order chi connectivity index (χ1) is 17.1. The fourth-order valence-electron chi connectivity index (χ4n) is 5.85. The lowest BCUT2D eigenvalue weighted by molar-refractivity contribution is -0.277. The molecule has 3 aliphatic rings. The number of fused-ring (bicyclic) bond motifs is 4. The molecule has 2 aromatic heterocycles. The van der Waals surface area contributed by atoms with E-state index in [2.05, 4.69) is 15.0 Å². The maximum atomic E-state index is 13.6. The molecule has 2 fully saturated rings. The molecule has 1 aromatic carbocycles. The van der Waals surface area contributed by atoms with Gasteiger partial charge in [-0.25, -0.2) is 14.8 Å². The Bertz CT molecular complexity index is 1330. The molecule has 0 saturated carbocycles. The highest BCUT2D eigenvalue weighted by Crippen LogP contribution is 2.48. The summed E-state index contributed by atoms with van der Waals surface area (Å²) in [5.74, 6) is 1.45. The summed E-state index contributed by atoms with van der Waals surface area (Å²) in [5, 5.41) is 10.3. The number of imidazole rings is 1. The standard InChI is InChI=1S/C25H26F3N5O3/c1-14-30-20-9-16(12-29-22(20)31-14)15-2-5-21-17(8-15)13-32(6-7-36-21)23(34)33-18-3-4-19(33)11-24(35,10-18)25(26,27)28/h2,5,8-9,12,18-19,35H,3-4,6-7,10-11,13H2,1H3,(H,29,30,31). The number of alkyl halides is 3. The van der Waals surface area contributed by atoms with E-state index in [1.807, 2.05) is 31.2 Å². The second-order valence-electron chi connectivity index (χ2n) is 10.0. The molecule has 2 saturated heterocycles. The summed E-state index contributed by atoms with van der Waals surface area (Å²) in [6.45, 7) is 2.75. The van der Waals surface area contributed by atoms with Gasteiger partial charge in [-0.15, -0.1) is 0 Å². The monoisotopic (exact) mass is 501 g/mol. The van der Waals surface area contributed by atoms with Gasteiger partial charge < -0.3 is 24.6 Å². The quantitative estimate of drug-likeness (QED) is 0.522. The fourth-order valence-corrected chi connectivity index (χ4v) is 5.85. The number of ether oxygens (including phenoxy) is 1. The van der Waals surface area contributed by atoms with Crippen LogP contribution in [0.3, 0.4) is 0 Å². The molecule has 2 N–H and O–H groups in total. The Morgan fingerprint density at radius 2 is 1.94 bits per heavy atom. The highest BCUT2D eigenvalue weighted by Gasteiger charge is 2.61. The van der Waals surface area contributed by atoms with Gasteiger partial charge in [0.05, 0.1) is 18.6 Å². The van der Waals surface area contributed by atoms with E-state index in [1.165, 1.54) is 0 Å². The van der Waals surface area contributed by atoms with Crippen LogP contribution in [-0.2, 0) is 6.54 Å². The number of halogens is 3. The van der Waals surface area contributed by atoms with E-state index >= 15 is 0 Å². The van der Waals surface area contributed by atoms with Gasteiger partial charge in [-0.05, 0) is 43.5 Å². The van der Waals surface area contributed by atoms with Crippen molar-refractivity contribution < 1.29 is 27.8 Å². The first-order valence-corrected chi connectivity index (χ1v) is 12.1. The van der Waals surface area contributed by atoms with Crippen LogP contribution in [0.5, 0.6) is 5.75 Å². The van der Waals surface area contributed by atoms with Crippen molar-refractivity contribution in [2.45, 2.75) is 63.0 Å². The number of rotatable bonds is 1. The number of carbonyl (C=O) groups excluding carboxylic acids is 1. The van der Waals surface area contributed by atoms with Crippen LogP contribution in [0.25, 0.3) is 22.3 Å². The van der Waals surface area contributed by atoms with Crippen molar-refractivity contribution in [3.63, 3.8) is 0 Å². The first kappa shape index (κ1) is 23.1. The van der Waals surface area contributed by atoms with Gasteiger partial charge in [0.15, 0.2) is 11.2 Å². The molecule has 3 aromatic rings. The van der Waals surface area contributed by atoms with Gasteiger partial charge >= 0.3 is 12.2 Å². The number of hydrogen-bond donors (Lipinski definition) is 2. The number of amides is 2.